The third-order valence-corrected chi connectivity index (χ3v) is 4.68. The molecule has 2 N–H and O–H groups in total. The second-order valence-corrected chi connectivity index (χ2v) is 6.86. The molecule has 2 aromatic rings. The zero-order chi connectivity index (χ0) is 16.0. The van der Waals surface area contributed by atoms with E-state index in [9.17, 15) is 9.90 Å². The summed E-state index contributed by atoms with van der Waals surface area (Å²) in [4.78, 5) is 23.4. The van der Waals surface area contributed by atoms with Gasteiger partial charge in [0, 0.05) is 30.7 Å². The van der Waals surface area contributed by atoms with Crippen LogP contribution in [0.1, 0.15) is 36.5 Å². The second kappa shape index (κ2) is 5.16. The average molecular weight is 312 g/mol. The first-order valence-electron chi connectivity index (χ1n) is 8.05. The van der Waals surface area contributed by atoms with E-state index in [-0.39, 0.29) is 11.9 Å². The van der Waals surface area contributed by atoms with Crippen LogP contribution in [0, 0.1) is 0 Å². The number of pyridine rings is 2. The van der Waals surface area contributed by atoms with E-state index in [0.29, 0.717) is 24.1 Å². The fraction of sp³-hybridized carbons (Fsp3) is 0.471. The van der Waals surface area contributed by atoms with E-state index in [4.69, 9.17) is 0 Å². The summed E-state index contributed by atoms with van der Waals surface area (Å²) in [6, 6.07) is 5.81. The predicted molar refractivity (Wildman–Crippen MR) is 87.5 cm³/mol. The summed E-state index contributed by atoms with van der Waals surface area (Å²) in [6.07, 6.45) is 3.97. The van der Waals surface area contributed by atoms with Gasteiger partial charge in [0.2, 0.25) is 0 Å². The van der Waals surface area contributed by atoms with Crippen molar-refractivity contribution >= 4 is 22.8 Å². The van der Waals surface area contributed by atoms with E-state index in [1.165, 1.54) is 6.42 Å². The van der Waals surface area contributed by atoms with Crippen LogP contribution in [0.15, 0.2) is 24.4 Å². The van der Waals surface area contributed by atoms with Gasteiger partial charge in [0.1, 0.15) is 5.82 Å². The highest BCUT2D eigenvalue weighted by Gasteiger charge is 2.39. The Bertz CT molecular complexity index is 762. The van der Waals surface area contributed by atoms with Crippen LogP contribution < -0.4 is 10.2 Å². The molecule has 0 bridgehead atoms. The van der Waals surface area contributed by atoms with E-state index < -0.39 is 5.60 Å². The zero-order valence-electron chi connectivity index (χ0n) is 13.1. The van der Waals surface area contributed by atoms with E-state index in [2.05, 4.69) is 20.2 Å². The fourth-order valence-electron chi connectivity index (χ4n) is 3.22. The SMILES string of the molecule is CC1(O)CC(NC(=O)c2cnc3nc(N4CCC4)ccc3c2)C1. The number of carbonyl (C=O) groups excluding carboxylic acids is 1. The third kappa shape index (κ3) is 2.74. The van der Waals surface area contributed by atoms with Crippen molar-refractivity contribution in [1.29, 1.82) is 0 Å². The molecule has 1 saturated carbocycles. The number of fused-ring (bicyclic) bond motifs is 1. The smallest absolute Gasteiger partial charge is 0.253 e. The van der Waals surface area contributed by atoms with Crippen molar-refractivity contribution in [3.05, 3.63) is 30.0 Å². The monoisotopic (exact) mass is 312 g/mol. The number of nitrogens with one attached hydrogen (secondary N) is 1. The third-order valence-electron chi connectivity index (χ3n) is 4.68. The molecule has 0 radical (unpaired) electrons. The number of amides is 1. The van der Waals surface area contributed by atoms with Crippen LogP contribution in [0.3, 0.4) is 0 Å². The maximum absolute atomic E-state index is 12.3. The lowest BCUT2D eigenvalue weighted by Gasteiger charge is -2.41. The van der Waals surface area contributed by atoms with Gasteiger partial charge in [-0.2, -0.15) is 0 Å². The highest BCUT2D eigenvalue weighted by Crippen LogP contribution is 2.31. The molecule has 120 valence electrons. The Labute approximate surface area is 134 Å². The molecule has 0 spiro atoms. The normalized spacial score (nSPS) is 26.5. The average Bonchev–Trinajstić information content (AvgIpc) is 2.43. The molecule has 1 amide bonds. The summed E-state index contributed by atoms with van der Waals surface area (Å²) in [5.74, 6) is 0.803. The summed E-state index contributed by atoms with van der Waals surface area (Å²) < 4.78 is 0. The van der Waals surface area contributed by atoms with Gasteiger partial charge >= 0.3 is 0 Å². The highest BCUT2D eigenvalue weighted by atomic mass is 16.3. The molecule has 0 unspecified atom stereocenters. The van der Waals surface area contributed by atoms with Crippen molar-refractivity contribution in [2.24, 2.45) is 0 Å². The van der Waals surface area contributed by atoms with Crippen molar-refractivity contribution < 1.29 is 9.90 Å². The van der Waals surface area contributed by atoms with Crippen molar-refractivity contribution in [2.45, 2.75) is 37.8 Å². The molecule has 0 atom stereocenters. The molecule has 3 heterocycles. The summed E-state index contributed by atoms with van der Waals surface area (Å²) in [7, 11) is 0. The molecule has 6 nitrogen and oxygen atoms in total. The summed E-state index contributed by atoms with van der Waals surface area (Å²) in [5, 5.41) is 13.5. The number of hydrogen-bond acceptors (Lipinski definition) is 5. The van der Waals surface area contributed by atoms with Crippen LogP contribution >= 0.6 is 0 Å². The van der Waals surface area contributed by atoms with Crippen molar-refractivity contribution in [3.8, 4) is 0 Å². The van der Waals surface area contributed by atoms with Gasteiger partial charge in [0.25, 0.3) is 5.91 Å². The maximum Gasteiger partial charge on any atom is 0.253 e. The second-order valence-electron chi connectivity index (χ2n) is 6.86. The number of hydrogen-bond donors (Lipinski definition) is 2. The van der Waals surface area contributed by atoms with Gasteiger partial charge < -0.3 is 15.3 Å². The van der Waals surface area contributed by atoms with E-state index >= 15 is 0 Å². The fourth-order valence-corrected chi connectivity index (χ4v) is 3.22. The standard InChI is InChI=1S/C17H20N4O2/c1-17(23)8-13(9-17)19-16(22)12-7-11-3-4-14(21-5-2-6-21)20-15(11)18-10-12/h3-4,7,10,13,23H,2,5-6,8-9H2,1H3,(H,19,22). The molecule has 0 aromatic carbocycles. The minimum atomic E-state index is -0.642. The first kappa shape index (κ1) is 14.4. The van der Waals surface area contributed by atoms with Crippen LogP contribution in [0.4, 0.5) is 5.82 Å². The molecular formula is C17H20N4O2. The van der Waals surface area contributed by atoms with Crippen LogP contribution in [-0.4, -0.2) is 45.7 Å². The Morgan fingerprint density at radius 3 is 2.83 bits per heavy atom. The Hall–Kier alpha value is -2.21. The van der Waals surface area contributed by atoms with E-state index in [1.54, 1.807) is 13.1 Å². The lowest BCUT2D eigenvalue weighted by molar-refractivity contribution is -0.0366. The quantitative estimate of drug-likeness (QED) is 0.897. The van der Waals surface area contributed by atoms with Crippen LogP contribution in [0.2, 0.25) is 0 Å². The number of rotatable bonds is 3. The maximum atomic E-state index is 12.3. The molecule has 2 aliphatic rings. The lowest BCUT2D eigenvalue weighted by Crippen LogP contribution is -2.53. The highest BCUT2D eigenvalue weighted by molar-refractivity contribution is 5.97. The minimum Gasteiger partial charge on any atom is -0.390 e. The molecule has 1 aliphatic heterocycles. The Morgan fingerprint density at radius 2 is 2.17 bits per heavy atom. The molecule has 6 heteroatoms. The summed E-state index contributed by atoms with van der Waals surface area (Å²) >= 11 is 0. The number of aromatic nitrogens is 2. The largest absolute Gasteiger partial charge is 0.390 e. The van der Waals surface area contributed by atoms with Gasteiger partial charge in [-0.15, -0.1) is 0 Å². The summed E-state index contributed by atoms with van der Waals surface area (Å²) in [5.41, 5.74) is 0.552. The molecular weight excluding hydrogens is 292 g/mol. The lowest BCUT2D eigenvalue weighted by atomic mass is 9.77. The van der Waals surface area contributed by atoms with E-state index in [1.807, 2.05) is 18.2 Å². The Balaban J connectivity index is 1.51. The first-order chi connectivity index (χ1) is 11.0. The van der Waals surface area contributed by atoms with Crippen LogP contribution in [0.5, 0.6) is 0 Å². The Morgan fingerprint density at radius 1 is 1.39 bits per heavy atom. The van der Waals surface area contributed by atoms with Crippen molar-refractivity contribution in [1.82, 2.24) is 15.3 Å². The molecule has 23 heavy (non-hydrogen) atoms. The topological polar surface area (TPSA) is 78.3 Å². The molecule has 2 fully saturated rings. The number of carbonyl (C=O) groups is 1. The summed E-state index contributed by atoms with van der Waals surface area (Å²) in [6.45, 7) is 3.88. The Kier molecular flexibility index (Phi) is 3.23. The van der Waals surface area contributed by atoms with Gasteiger partial charge in [-0.1, -0.05) is 0 Å². The van der Waals surface area contributed by atoms with Gasteiger partial charge in [-0.3, -0.25) is 4.79 Å². The van der Waals surface area contributed by atoms with Gasteiger partial charge in [0.15, 0.2) is 5.65 Å². The van der Waals surface area contributed by atoms with E-state index in [0.717, 1.165) is 24.3 Å². The van der Waals surface area contributed by atoms with Crippen molar-refractivity contribution in [2.75, 3.05) is 18.0 Å². The molecule has 2 aromatic heterocycles. The minimum absolute atomic E-state index is 0.0418. The molecule has 1 aliphatic carbocycles. The van der Waals surface area contributed by atoms with Gasteiger partial charge in [-0.05, 0) is 44.4 Å². The number of anilines is 1. The number of nitrogens with zero attached hydrogens (tertiary/aromatic N) is 3. The van der Waals surface area contributed by atoms with Crippen molar-refractivity contribution in [3.63, 3.8) is 0 Å². The van der Waals surface area contributed by atoms with Crippen LogP contribution in [-0.2, 0) is 0 Å². The zero-order valence-corrected chi connectivity index (χ0v) is 13.1. The van der Waals surface area contributed by atoms with Gasteiger partial charge in [0.05, 0.1) is 11.2 Å². The number of aliphatic hydroxyl groups is 1. The van der Waals surface area contributed by atoms with Crippen LogP contribution in [0.25, 0.3) is 11.0 Å². The van der Waals surface area contributed by atoms with Gasteiger partial charge in [-0.25, -0.2) is 9.97 Å². The first-order valence-corrected chi connectivity index (χ1v) is 8.05. The predicted octanol–water partition coefficient (Wildman–Crippen LogP) is 1.48. The molecule has 1 saturated heterocycles. The molecule has 4 rings (SSSR count).